The fourth-order valence-corrected chi connectivity index (χ4v) is 2.24. The summed E-state index contributed by atoms with van der Waals surface area (Å²) in [6.07, 6.45) is 1.25. The van der Waals surface area contributed by atoms with Crippen LogP contribution in [-0.2, 0) is 4.74 Å². The summed E-state index contributed by atoms with van der Waals surface area (Å²) < 4.78 is 5.18. The van der Waals surface area contributed by atoms with Crippen molar-refractivity contribution in [2.45, 2.75) is 40.2 Å². The van der Waals surface area contributed by atoms with Gasteiger partial charge in [0.25, 0.3) is 0 Å². The maximum absolute atomic E-state index is 12.0. The van der Waals surface area contributed by atoms with Gasteiger partial charge in [0.15, 0.2) is 0 Å². The highest BCUT2D eigenvalue weighted by molar-refractivity contribution is 5.90. The molecule has 0 bridgehead atoms. The zero-order valence-electron chi connectivity index (χ0n) is 16.6. The largest absolute Gasteiger partial charge is 0.462 e. The molecular weight excluding hydrogens is 362 g/mol. The number of esters is 1. The summed E-state index contributed by atoms with van der Waals surface area (Å²) in [6, 6.07) is 6.45. The second-order valence-corrected chi connectivity index (χ2v) is 7.75. The summed E-state index contributed by atoms with van der Waals surface area (Å²) in [4.78, 5) is 31.0. The van der Waals surface area contributed by atoms with E-state index in [1.54, 1.807) is 24.3 Å². The number of carbonyl (C=O) groups is 1. The molecule has 1 heterocycles. The Morgan fingerprint density at radius 3 is 2.32 bits per heavy atom. The van der Waals surface area contributed by atoms with Crippen LogP contribution in [0.3, 0.4) is 0 Å². The van der Waals surface area contributed by atoms with Gasteiger partial charge >= 0.3 is 11.7 Å². The molecule has 0 saturated heterocycles. The Morgan fingerprint density at radius 2 is 1.79 bits per heavy atom. The average Bonchev–Trinajstić information content (AvgIpc) is 2.58. The van der Waals surface area contributed by atoms with Gasteiger partial charge in [0.05, 0.1) is 17.1 Å². The van der Waals surface area contributed by atoms with Crippen LogP contribution in [0.1, 0.15) is 45.0 Å². The molecule has 0 aliphatic rings. The second-order valence-electron chi connectivity index (χ2n) is 7.75. The first-order valence-corrected chi connectivity index (χ1v) is 8.88. The Kier molecular flexibility index (Phi) is 6.50. The average molecular weight is 387 g/mol. The van der Waals surface area contributed by atoms with E-state index < -0.39 is 16.4 Å². The van der Waals surface area contributed by atoms with Gasteiger partial charge in [0.1, 0.15) is 6.33 Å². The van der Waals surface area contributed by atoms with Crippen LogP contribution in [0.2, 0.25) is 0 Å². The monoisotopic (exact) mass is 387 g/mol. The minimum absolute atomic E-state index is 0.0573. The van der Waals surface area contributed by atoms with Gasteiger partial charge in [-0.25, -0.2) is 14.8 Å². The van der Waals surface area contributed by atoms with Crippen molar-refractivity contribution in [3.8, 4) is 0 Å². The predicted octanol–water partition coefficient (Wildman–Crippen LogP) is 4.15. The summed E-state index contributed by atoms with van der Waals surface area (Å²) in [5, 5.41) is 17.5. The molecular formula is C19H25N5O4. The molecule has 0 spiro atoms. The fraction of sp³-hybridized carbons (Fsp3) is 0.421. The number of benzene rings is 1. The van der Waals surface area contributed by atoms with Crippen molar-refractivity contribution in [1.82, 2.24) is 9.97 Å². The van der Waals surface area contributed by atoms with E-state index in [0.717, 1.165) is 0 Å². The summed E-state index contributed by atoms with van der Waals surface area (Å²) in [6.45, 7) is 9.89. The van der Waals surface area contributed by atoms with Crippen molar-refractivity contribution in [1.29, 1.82) is 0 Å². The zero-order chi connectivity index (χ0) is 20.9. The van der Waals surface area contributed by atoms with Gasteiger partial charge in [-0.15, -0.1) is 0 Å². The summed E-state index contributed by atoms with van der Waals surface area (Å²) in [7, 11) is 0. The van der Waals surface area contributed by atoms with E-state index in [2.05, 4.69) is 20.6 Å². The molecule has 0 saturated carbocycles. The van der Waals surface area contributed by atoms with Gasteiger partial charge in [-0.2, -0.15) is 0 Å². The number of rotatable bonds is 7. The summed E-state index contributed by atoms with van der Waals surface area (Å²) >= 11 is 0. The number of nitrogens with zero attached hydrogens (tertiary/aromatic N) is 3. The zero-order valence-corrected chi connectivity index (χ0v) is 16.6. The van der Waals surface area contributed by atoms with E-state index in [1.165, 1.54) is 6.33 Å². The van der Waals surface area contributed by atoms with Gasteiger partial charge in [0, 0.05) is 11.2 Å². The SMILES string of the molecule is CC(C)COC(=O)c1ccc(Nc2ncnc(NC(C)(C)C)c2[N+](=O)[O-])cc1. The standard InChI is InChI=1S/C19H25N5O4/c1-12(2)10-28-18(25)13-6-8-14(9-7-13)22-16-15(24(26)27)17(21-11-20-16)23-19(3,4)5/h6-9,11-12H,10H2,1-5H3,(H2,20,21,22,23). The third-order valence-corrected chi connectivity index (χ3v) is 3.43. The van der Waals surface area contributed by atoms with Gasteiger partial charge in [-0.1, -0.05) is 13.8 Å². The van der Waals surface area contributed by atoms with Crippen LogP contribution < -0.4 is 10.6 Å². The lowest BCUT2D eigenvalue weighted by Crippen LogP contribution is -2.27. The molecule has 1 aromatic carbocycles. The van der Waals surface area contributed by atoms with Gasteiger partial charge < -0.3 is 15.4 Å². The summed E-state index contributed by atoms with van der Waals surface area (Å²) in [5.41, 5.74) is 0.286. The van der Waals surface area contributed by atoms with Crippen molar-refractivity contribution < 1.29 is 14.5 Å². The van der Waals surface area contributed by atoms with Gasteiger partial charge in [-0.05, 0) is 51.0 Å². The highest BCUT2D eigenvalue weighted by Gasteiger charge is 2.26. The molecule has 2 N–H and O–H groups in total. The van der Waals surface area contributed by atoms with Gasteiger partial charge in [0.2, 0.25) is 11.6 Å². The van der Waals surface area contributed by atoms with E-state index >= 15 is 0 Å². The maximum Gasteiger partial charge on any atom is 0.353 e. The first-order chi connectivity index (χ1) is 13.1. The minimum atomic E-state index is -0.534. The molecule has 9 nitrogen and oxygen atoms in total. The van der Waals surface area contributed by atoms with Crippen molar-refractivity contribution in [3.63, 3.8) is 0 Å². The van der Waals surface area contributed by atoms with Crippen molar-refractivity contribution in [2.75, 3.05) is 17.2 Å². The topological polar surface area (TPSA) is 119 Å². The van der Waals surface area contributed by atoms with Crippen LogP contribution in [0.15, 0.2) is 30.6 Å². The molecule has 150 valence electrons. The summed E-state index contributed by atoms with van der Waals surface area (Å²) in [5.74, 6) is 0.0230. The van der Waals surface area contributed by atoms with E-state index in [1.807, 2.05) is 34.6 Å². The van der Waals surface area contributed by atoms with Crippen LogP contribution in [0.5, 0.6) is 0 Å². The Bertz CT molecular complexity index is 844. The molecule has 28 heavy (non-hydrogen) atoms. The molecule has 0 amide bonds. The van der Waals surface area contributed by atoms with E-state index in [4.69, 9.17) is 4.74 Å². The van der Waals surface area contributed by atoms with Crippen LogP contribution in [0, 0.1) is 16.0 Å². The lowest BCUT2D eigenvalue weighted by molar-refractivity contribution is -0.383. The fourth-order valence-electron chi connectivity index (χ4n) is 2.24. The lowest BCUT2D eigenvalue weighted by atomic mass is 10.1. The Labute approximate surface area is 163 Å². The number of anilines is 3. The molecule has 2 rings (SSSR count). The number of nitrogens with one attached hydrogen (secondary N) is 2. The molecule has 0 unspecified atom stereocenters. The van der Waals surface area contributed by atoms with Crippen LogP contribution >= 0.6 is 0 Å². The normalized spacial score (nSPS) is 11.2. The predicted molar refractivity (Wildman–Crippen MR) is 107 cm³/mol. The smallest absolute Gasteiger partial charge is 0.353 e. The van der Waals surface area contributed by atoms with E-state index in [9.17, 15) is 14.9 Å². The van der Waals surface area contributed by atoms with Crippen LogP contribution in [-0.4, -0.2) is 33.0 Å². The Balaban J connectivity index is 2.22. The third kappa shape index (κ3) is 5.90. The number of aromatic nitrogens is 2. The van der Waals surface area contributed by atoms with Gasteiger partial charge in [-0.3, -0.25) is 10.1 Å². The molecule has 9 heteroatoms. The first kappa shape index (κ1) is 21.1. The van der Waals surface area contributed by atoms with Crippen molar-refractivity contribution >= 4 is 29.0 Å². The lowest BCUT2D eigenvalue weighted by Gasteiger charge is -2.21. The Morgan fingerprint density at radius 1 is 1.18 bits per heavy atom. The van der Waals surface area contributed by atoms with Crippen LogP contribution in [0.4, 0.5) is 23.0 Å². The van der Waals surface area contributed by atoms with Crippen molar-refractivity contribution in [2.24, 2.45) is 5.92 Å². The highest BCUT2D eigenvalue weighted by atomic mass is 16.6. The molecule has 0 aliphatic heterocycles. The second kappa shape index (κ2) is 8.64. The number of ether oxygens (including phenoxy) is 1. The highest BCUT2D eigenvalue weighted by Crippen LogP contribution is 2.32. The molecule has 0 fully saturated rings. The minimum Gasteiger partial charge on any atom is -0.462 e. The molecule has 0 atom stereocenters. The number of carbonyl (C=O) groups excluding carboxylic acids is 1. The van der Waals surface area contributed by atoms with E-state index in [0.29, 0.717) is 17.9 Å². The number of hydrogen-bond donors (Lipinski definition) is 2. The molecule has 0 radical (unpaired) electrons. The quantitative estimate of drug-likeness (QED) is 0.413. The van der Waals surface area contributed by atoms with E-state index in [-0.39, 0.29) is 23.2 Å². The molecule has 1 aromatic heterocycles. The molecule has 2 aromatic rings. The maximum atomic E-state index is 12.0. The molecule has 0 aliphatic carbocycles. The first-order valence-electron chi connectivity index (χ1n) is 8.88. The third-order valence-electron chi connectivity index (χ3n) is 3.43. The Hall–Kier alpha value is -3.23. The number of nitro groups is 1. The van der Waals surface area contributed by atoms with Crippen LogP contribution in [0.25, 0.3) is 0 Å². The van der Waals surface area contributed by atoms with Crippen molar-refractivity contribution in [3.05, 3.63) is 46.3 Å². The number of hydrogen-bond acceptors (Lipinski definition) is 8.